The minimum Gasteiger partial charge on any atom is -0.330 e. The van der Waals surface area contributed by atoms with Crippen molar-refractivity contribution in [2.24, 2.45) is 0 Å². The summed E-state index contributed by atoms with van der Waals surface area (Å²) in [4.78, 5) is 21.0. The molecule has 1 saturated heterocycles. The molecule has 1 unspecified atom stereocenters. The average molecular weight is 371 g/mol. The molecule has 0 bridgehead atoms. The Morgan fingerprint density at radius 1 is 1.12 bits per heavy atom. The van der Waals surface area contributed by atoms with Crippen molar-refractivity contribution in [3.63, 3.8) is 0 Å². The number of nitrogens with zero attached hydrogens (tertiary/aromatic N) is 2. The molecule has 1 aliphatic heterocycles. The highest BCUT2D eigenvalue weighted by Gasteiger charge is 2.22. The summed E-state index contributed by atoms with van der Waals surface area (Å²) in [6.07, 6.45) is 7.06. The number of anilines is 1. The maximum atomic E-state index is 12.6. The van der Waals surface area contributed by atoms with E-state index >= 15 is 0 Å². The molecule has 1 aromatic carbocycles. The predicted molar refractivity (Wildman–Crippen MR) is 106 cm³/mol. The van der Waals surface area contributed by atoms with Crippen molar-refractivity contribution >= 4 is 22.5 Å². The van der Waals surface area contributed by atoms with Crippen LogP contribution < -0.4 is 10.6 Å². The third kappa shape index (κ3) is 4.24. The Balaban J connectivity index is 1.42. The molecule has 2 aromatic rings. The Morgan fingerprint density at radius 2 is 1.88 bits per heavy atom. The molecule has 1 aliphatic carbocycles. The van der Waals surface area contributed by atoms with Crippen LogP contribution in [-0.4, -0.2) is 35.5 Å². The van der Waals surface area contributed by atoms with Gasteiger partial charge in [0.15, 0.2) is 5.13 Å². The number of hydrogen-bond acceptors (Lipinski definition) is 4. The van der Waals surface area contributed by atoms with Crippen LogP contribution in [0.2, 0.25) is 0 Å². The first-order valence-corrected chi connectivity index (χ1v) is 10.4. The smallest absolute Gasteiger partial charge is 0.321 e. The molecule has 6 heteroatoms. The third-order valence-electron chi connectivity index (χ3n) is 5.21. The van der Waals surface area contributed by atoms with Crippen LogP contribution in [0.15, 0.2) is 30.3 Å². The Bertz CT molecular complexity index is 716. The number of urea groups is 1. The van der Waals surface area contributed by atoms with Crippen molar-refractivity contribution in [2.75, 3.05) is 25.0 Å². The minimum absolute atomic E-state index is 0.0103. The summed E-state index contributed by atoms with van der Waals surface area (Å²) in [5.41, 5.74) is 2.32. The Labute approximate surface area is 158 Å². The van der Waals surface area contributed by atoms with Crippen molar-refractivity contribution in [2.45, 2.75) is 44.6 Å². The van der Waals surface area contributed by atoms with Crippen LogP contribution in [0.25, 0.3) is 0 Å². The van der Waals surface area contributed by atoms with Crippen LogP contribution in [0.4, 0.5) is 9.93 Å². The number of aryl methyl sites for hydroxylation is 2. The fourth-order valence-corrected chi connectivity index (χ4v) is 4.88. The molecule has 2 N–H and O–H groups in total. The number of thiazole rings is 1. The predicted octanol–water partition coefficient (Wildman–Crippen LogP) is 3.98. The lowest BCUT2D eigenvalue weighted by molar-refractivity contribution is 0.240. The Hall–Kier alpha value is -1.92. The lowest BCUT2D eigenvalue weighted by Crippen LogP contribution is -2.39. The molecule has 138 valence electrons. The number of carbonyl (C=O) groups is 1. The second-order valence-electron chi connectivity index (χ2n) is 7.17. The first-order chi connectivity index (χ1) is 12.8. The zero-order chi connectivity index (χ0) is 17.8. The molecule has 0 saturated carbocycles. The van der Waals surface area contributed by atoms with E-state index in [0.717, 1.165) is 43.2 Å². The summed E-state index contributed by atoms with van der Waals surface area (Å²) < 4.78 is 0. The quantitative estimate of drug-likeness (QED) is 0.837. The van der Waals surface area contributed by atoms with Gasteiger partial charge in [-0.05, 0) is 57.2 Å². The molecule has 2 heterocycles. The van der Waals surface area contributed by atoms with E-state index < -0.39 is 0 Å². The summed E-state index contributed by atoms with van der Waals surface area (Å²) in [5, 5.41) is 6.85. The van der Waals surface area contributed by atoms with Crippen molar-refractivity contribution < 1.29 is 4.79 Å². The maximum Gasteiger partial charge on any atom is 0.321 e. The lowest BCUT2D eigenvalue weighted by Gasteiger charge is -2.24. The first kappa shape index (κ1) is 17.5. The highest BCUT2D eigenvalue weighted by atomic mass is 32.1. The van der Waals surface area contributed by atoms with Gasteiger partial charge in [-0.1, -0.05) is 30.3 Å². The Morgan fingerprint density at radius 3 is 2.65 bits per heavy atom. The zero-order valence-corrected chi connectivity index (χ0v) is 15.9. The number of nitrogens with one attached hydrogen (secondary N) is 2. The number of rotatable bonds is 5. The summed E-state index contributed by atoms with van der Waals surface area (Å²) in [6, 6.07) is 10.1. The van der Waals surface area contributed by atoms with Gasteiger partial charge in [0.2, 0.25) is 0 Å². The number of likely N-dealkylation sites (tertiary alicyclic amines) is 1. The lowest BCUT2D eigenvalue weighted by atomic mass is 10.0. The summed E-state index contributed by atoms with van der Waals surface area (Å²) in [7, 11) is 0. The van der Waals surface area contributed by atoms with Gasteiger partial charge in [0.05, 0.1) is 11.7 Å². The number of hydrogen-bond donors (Lipinski definition) is 2. The van der Waals surface area contributed by atoms with Gasteiger partial charge in [0.25, 0.3) is 0 Å². The van der Waals surface area contributed by atoms with Gasteiger partial charge in [-0.3, -0.25) is 5.32 Å². The largest absolute Gasteiger partial charge is 0.330 e. The fraction of sp³-hybridized carbons (Fsp3) is 0.500. The van der Waals surface area contributed by atoms with Crippen molar-refractivity contribution in [3.8, 4) is 0 Å². The van der Waals surface area contributed by atoms with Crippen LogP contribution in [0, 0.1) is 0 Å². The first-order valence-electron chi connectivity index (χ1n) is 9.61. The van der Waals surface area contributed by atoms with E-state index in [1.165, 1.54) is 36.3 Å². The molecular formula is C20H26N4OS. The van der Waals surface area contributed by atoms with Crippen LogP contribution in [-0.2, 0) is 12.8 Å². The highest BCUT2D eigenvalue weighted by molar-refractivity contribution is 7.15. The van der Waals surface area contributed by atoms with Crippen molar-refractivity contribution in [1.82, 2.24) is 15.2 Å². The van der Waals surface area contributed by atoms with Crippen LogP contribution in [0.3, 0.4) is 0 Å². The normalized spacial score (nSPS) is 18.3. The molecule has 0 radical (unpaired) electrons. The molecular weight excluding hydrogens is 344 g/mol. The number of amides is 2. The second kappa shape index (κ2) is 8.18. The molecule has 2 aliphatic rings. The molecule has 1 fully saturated rings. The number of carbonyl (C=O) groups excluding carboxylic acids is 1. The molecule has 2 amide bonds. The van der Waals surface area contributed by atoms with Gasteiger partial charge in [-0.25, -0.2) is 9.78 Å². The van der Waals surface area contributed by atoms with E-state index in [1.54, 1.807) is 11.3 Å². The monoisotopic (exact) mass is 370 g/mol. The molecule has 1 aromatic heterocycles. The zero-order valence-electron chi connectivity index (χ0n) is 15.0. The number of benzene rings is 1. The maximum absolute atomic E-state index is 12.6. The van der Waals surface area contributed by atoms with Gasteiger partial charge >= 0.3 is 6.03 Å². The standard InChI is InChI=1S/C20H26N4OS/c25-19(23-20-22-16-10-4-5-11-18(16)26-20)21-17(14-24-12-6-7-13-24)15-8-2-1-3-9-15/h1-3,8-9,17H,4-7,10-14H2,(H2,21,22,23,25). The molecule has 1 atom stereocenters. The third-order valence-corrected chi connectivity index (χ3v) is 6.29. The number of aromatic nitrogens is 1. The second-order valence-corrected chi connectivity index (χ2v) is 8.25. The van der Waals surface area contributed by atoms with Crippen LogP contribution in [0.5, 0.6) is 0 Å². The van der Waals surface area contributed by atoms with E-state index in [2.05, 4.69) is 32.7 Å². The van der Waals surface area contributed by atoms with E-state index in [1.807, 2.05) is 18.2 Å². The fourth-order valence-electron chi connectivity index (χ4n) is 3.84. The van der Waals surface area contributed by atoms with Crippen LogP contribution in [0.1, 0.15) is 47.9 Å². The van der Waals surface area contributed by atoms with Crippen LogP contribution >= 0.6 is 11.3 Å². The molecule has 5 nitrogen and oxygen atoms in total. The van der Waals surface area contributed by atoms with Crippen molar-refractivity contribution in [3.05, 3.63) is 46.5 Å². The van der Waals surface area contributed by atoms with Gasteiger partial charge < -0.3 is 10.2 Å². The molecule has 0 spiro atoms. The van der Waals surface area contributed by atoms with E-state index in [-0.39, 0.29) is 12.1 Å². The SMILES string of the molecule is O=C(Nc1nc2c(s1)CCCC2)NC(CN1CCCC1)c1ccccc1. The molecule has 26 heavy (non-hydrogen) atoms. The van der Waals surface area contributed by atoms with E-state index in [4.69, 9.17) is 0 Å². The minimum atomic E-state index is -0.163. The summed E-state index contributed by atoms with van der Waals surface area (Å²) >= 11 is 1.63. The highest BCUT2D eigenvalue weighted by Crippen LogP contribution is 2.29. The Kier molecular flexibility index (Phi) is 5.51. The summed E-state index contributed by atoms with van der Waals surface area (Å²) in [5.74, 6) is 0. The topological polar surface area (TPSA) is 57.3 Å². The van der Waals surface area contributed by atoms with Gasteiger partial charge in [-0.2, -0.15) is 0 Å². The summed E-state index contributed by atoms with van der Waals surface area (Å²) in [6.45, 7) is 3.09. The van der Waals surface area contributed by atoms with E-state index in [9.17, 15) is 4.79 Å². The van der Waals surface area contributed by atoms with Crippen molar-refractivity contribution in [1.29, 1.82) is 0 Å². The van der Waals surface area contributed by atoms with Gasteiger partial charge in [0.1, 0.15) is 0 Å². The number of fused-ring (bicyclic) bond motifs is 1. The van der Waals surface area contributed by atoms with E-state index in [0.29, 0.717) is 0 Å². The van der Waals surface area contributed by atoms with Gasteiger partial charge in [-0.15, -0.1) is 11.3 Å². The average Bonchev–Trinajstić information content (AvgIpc) is 3.30. The van der Waals surface area contributed by atoms with Gasteiger partial charge in [0, 0.05) is 11.4 Å². The molecule has 4 rings (SSSR count).